The SMILES string of the molecule is Cc1nc(N2CCCC2)ccc1NC(=O)N[C@@H]1CCc2ncnn2C1. The average molecular weight is 341 g/mol. The molecule has 2 N–H and O–H groups in total. The molecule has 1 saturated heterocycles. The summed E-state index contributed by atoms with van der Waals surface area (Å²) in [7, 11) is 0. The van der Waals surface area contributed by atoms with E-state index in [0.29, 0.717) is 6.54 Å². The number of pyridine rings is 1. The quantitative estimate of drug-likeness (QED) is 0.887. The first-order chi connectivity index (χ1) is 12.2. The van der Waals surface area contributed by atoms with Crippen molar-refractivity contribution in [1.82, 2.24) is 25.1 Å². The van der Waals surface area contributed by atoms with Crippen LogP contribution in [0.5, 0.6) is 0 Å². The van der Waals surface area contributed by atoms with Gasteiger partial charge < -0.3 is 15.5 Å². The predicted octanol–water partition coefficient (Wildman–Crippen LogP) is 1.72. The number of carbonyl (C=O) groups excluding carboxylic acids is 1. The topological polar surface area (TPSA) is 88.0 Å². The van der Waals surface area contributed by atoms with Crippen LogP contribution < -0.4 is 15.5 Å². The number of amides is 2. The van der Waals surface area contributed by atoms with Gasteiger partial charge in [-0.25, -0.2) is 19.4 Å². The molecule has 0 aliphatic carbocycles. The van der Waals surface area contributed by atoms with E-state index in [4.69, 9.17) is 0 Å². The Bertz CT molecular complexity index is 766. The molecule has 2 amide bonds. The minimum Gasteiger partial charge on any atom is -0.357 e. The first kappa shape index (κ1) is 15.9. The average Bonchev–Trinajstić information content (AvgIpc) is 3.27. The van der Waals surface area contributed by atoms with Crippen LogP contribution in [-0.4, -0.2) is 44.9 Å². The van der Waals surface area contributed by atoms with Gasteiger partial charge in [0.2, 0.25) is 0 Å². The van der Waals surface area contributed by atoms with Gasteiger partial charge in [-0.1, -0.05) is 0 Å². The Morgan fingerprint density at radius 3 is 2.92 bits per heavy atom. The van der Waals surface area contributed by atoms with E-state index in [1.807, 2.05) is 23.7 Å². The summed E-state index contributed by atoms with van der Waals surface area (Å²) in [4.78, 5) is 23.4. The van der Waals surface area contributed by atoms with Crippen molar-refractivity contribution >= 4 is 17.5 Å². The maximum Gasteiger partial charge on any atom is 0.319 e. The first-order valence-corrected chi connectivity index (χ1v) is 8.86. The minimum absolute atomic E-state index is 0.0614. The maximum atomic E-state index is 12.3. The second-order valence-corrected chi connectivity index (χ2v) is 6.69. The fraction of sp³-hybridized carbons (Fsp3) is 0.529. The molecule has 132 valence electrons. The summed E-state index contributed by atoms with van der Waals surface area (Å²) in [5.41, 5.74) is 1.58. The molecule has 1 fully saturated rings. The maximum absolute atomic E-state index is 12.3. The Hall–Kier alpha value is -2.64. The number of fused-ring (bicyclic) bond motifs is 1. The van der Waals surface area contributed by atoms with Crippen molar-refractivity contribution in [2.45, 2.75) is 45.2 Å². The fourth-order valence-electron chi connectivity index (χ4n) is 3.50. The third-order valence-electron chi connectivity index (χ3n) is 4.89. The Labute approximate surface area is 146 Å². The third-order valence-corrected chi connectivity index (χ3v) is 4.89. The van der Waals surface area contributed by atoms with Gasteiger partial charge in [0, 0.05) is 19.5 Å². The number of nitrogens with zero attached hydrogens (tertiary/aromatic N) is 5. The monoisotopic (exact) mass is 341 g/mol. The first-order valence-electron chi connectivity index (χ1n) is 8.86. The number of rotatable bonds is 3. The zero-order valence-electron chi connectivity index (χ0n) is 14.4. The summed E-state index contributed by atoms with van der Waals surface area (Å²) in [6, 6.07) is 3.78. The standard InChI is InChI=1S/C17H23N7O/c1-12-14(5-7-16(20-12)23-8-2-3-9-23)22-17(25)21-13-4-6-15-18-11-19-24(15)10-13/h5,7,11,13H,2-4,6,8-10H2,1H3,(H2,21,22,25)/t13-/m1/s1. The second kappa shape index (κ2) is 6.70. The van der Waals surface area contributed by atoms with Crippen LogP contribution >= 0.6 is 0 Å². The molecule has 0 aromatic carbocycles. The van der Waals surface area contributed by atoms with Crippen LogP contribution in [0.15, 0.2) is 18.5 Å². The van der Waals surface area contributed by atoms with Crippen molar-refractivity contribution < 1.29 is 4.79 Å². The van der Waals surface area contributed by atoms with Crippen LogP contribution in [0.1, 0.15) is 30.8 Å². The lowest BCUT2D eigenvalue weighted by Crippen LogP contribution is -2.43. The van der Waals surface area contributed by atoms with Gasteiger partial charge in [-0.05, 0) is 38.3 Å². The summed E-state index contributed by atoms with van der Waals surface area (Å²) in [5, 5.41) is 10.1. The number of carbonyl (C=O) groups is 1. The van der Waals surface area contributed by atoms with E-state index >= 15 is 0 Å². The fourth-order valence-corrected chi connectivity index (χ4v) is 3.50. The Kier molecular flexibility index (Phi) is 4.25. The van der Waals surface area contributed by atoms with Gasteiger partial charge in [-0.15, -0.1) is 0 Å². The molecule has 25 heavy (non-hydrogen) atoms. The predicted molar refractivity (Wildman–Crippen MR) is 94.7 cm³/mol. The van der Waals surface area contributed by atoms with Crippen molar-refractivity contribution in [2.75, 3.05) is 23.3 Å². The molecule has 2 aromatic heterocycles. The molecule has 0 spiro atoms. The molecule has 2 aromatic rings. The number of hydrogen-bond donors (Lipinski definition) is 2. The van der Waals surface area contributed by atoms with E-state index in [0.717, 1.165) is 49.0 Å². The number of urea groups is 1. The van der Waals surface area contributed by atoms with Crippen molar-refractivity contribution in [1.29, 1.82) is 0 Å². The Morgan fingerprint density at radius 2 is 2.12 bits per heavy atom. The van der Waals surface area contributed by atoms with Gasteiger partial charge in [0.25, 0.3) is 0 Å². The van der Waals surface area contributed by atoms with E-state index < -0.39 is 0 Å². The lowest BCUT2D eigenvalue weighted by Gasteiger charge is -2.24. The van der Waals surface area contributed by atoms with Gasteiger partial charge >= 0.3 is 6.03 Å². The molecular formula is C17H23N7O. The molecule has 0 unspecified atom stereocenters. The lowest BCUT2D eigenvalue weighted by molar-refractivity contribution is 0.243. The largest absolute Gasteiger partial charge is 0.357 e. The number of hydrogen-bond acceptors (Lipinski definition) is 5. The molecule has 4 heterocycles. The van der Waals surface area contributed by atoms with E-state index in [1.165, 1.54) is 12.8 Å². The van der Waals surface area contributed by atoms with Crippen LogP contribution in [0.3, 0.4) is 0 Å². The van der Waals surface area contributed by atoms with Gasteiger partial charge in [0.15, 0.2) is 0 Å². The zero-order chi connectivity index (χ0) is 17.2. The van der Waals surface area contributed by atoms with Crippen LogP contribution in [0.25, 0.3) is 0 Å². The number of anilines is 2. The van der Waals surface area contributed by atoms with E-state index in [-0.39, 0.29) is 12.1 Å². The van der Waals surface area contributed by atoms with Crippen LogP contribution in [0, 0.1) is 6.92 Å². The smallest absolute Gasteiger partial charge is 0.319 e. The van der Waals surface area contributed by atoms with E-state index in [9.17, 15) is 4.79 Å². The second-order valence-electron chi connectivity index (χ2n) is 6.69. The van der Waals surface area contributed by atoms with Crippen LogP contribution in [0.4, 0.5) is 16.3 Å². The molecule has 0 bridgehead atoms. The number of nitrogens with one attached hydrogen (secondary N) is 2. The summed E-state index contributed by atoms with van der Waals surface area (Å²) in [5.74, 6) is 1.97. The van der Waals surface area contributed by atoms with Crippen LogP contribution in [-0.2, 0) is 13.0 Å². The van der Waals surface area contributed by atoms with Crippen molar-refractivity contribution in [3.05, 3.63) is 30.0 Å². The van der Waals surface area contributed by atoms with Gasteiger partial charge in [-0.2, -0.15) is 5.10 Å². The highest BCUT2D eigenvalue weighted by atomic mass is 16.2. The Morgan fingerprint density at radius 1 is 1.28 bits per heavy atom. The molecule has 0 saturated carbocycles. The number of aryl methyl sites for hydroxylation is 2. The molecule has 8 nitrogen and oxygen atoms in total. The van der Waals surface area contributed by atoms with Gasteiger partial charge in [0.05, 0.1) is 24.0 Å². The Balaban J connectivity index is 1.36. The molecule has 2 aliphatic heterocycles. The number of aromatic nitrogens is 4. The molecular weight excluding hydrogens is 318 g/mol. The van der Waals surface area contributed by atoms with Gasteiger partial charge in [0.1, 0.15) is 18.0 Å². The molecule has 2 aliphatic rings. The lowest BCUT2D eigenvalue weighted by atomic mass is 10.1. The summed E-state index contributed by atoms with van der Waals surface area (Å²) in [6.45, 7) is 4.71. The summed E-state index contributed by atoms with van der Waals surface area (Å²) >= 11 is 0. The zero-order valence-corrected chi connectivity index (χ0v) is 14.4. The molecule has 1 atom stereocenters. The van der Waals surface area contributed by atoms with Gasteiger partial charge in [-0.3, -0.25) is 0 Å². The van der Waals surface area contributed by atoms with E-state index in [1.54, 1.807) is 6.33 Å². The summed E-state index contributed by atoms with van der Waals surface area (Å²) in [6.07, 6.45) is 5.71. The van der Waals surface area contributed by atoms with Crippen molar-refractivity contribution in [2.24, 2.45) is 0 Å². The third kappa shape index (κ3) is 3.42. The highest BCUT2D eigenvalue weighted by molar-refractivity contribution is 5.90. The van der Waals surface area contributed by atoms with Crippen molar-refractivity contribution in [3.8, 4) is 0 Å². The summed E-state index contributed by atoms with van der Waals surface area (Å²) < 4.78 is 1.85. The minimum atomic E-state index is -0.201. The normalized spacial score (nSPS) is 19.6. The van der Waals surface area contributed by atoms with Crippen molar-refractivity contribution in [3.63, 3.8) is 0 Å². The molecule has 4 rings (SSSR count). The highest BCUT2D eigenvalue weighted by Crippen LogP contribution is 2.22. The molecule has 0 radical (unpaired) electrons. The highest BCUT2D eigenvalue weighted by Gasteiger charge is 2.21. The van der Waals surface area contributed by atoms with Crippen LogP contribution in [0.2, 0.25) is 0 Å². The molecule has 8 heteroatoms. The van der Waals surface area contributed by atoms with E-state index in [2.05, 4.69) is 30.6 Å².